The molecule has 3 aromatic rings. The number of nitrogens with one attached hydrogen (secondary N) is 2. The number of hydrogen-bond acceptors (Lipinski definition) is 4. The number of nitrogens with zero attached hydrogens (tertiary/aromatic N) is 1. The van der Waals surface area contributed by atoms with Crippen molar-refractivity contribution >= 4 is 39.8 Å². The van der Waals surface area contributed by atoms with E-state index in [0.29, 0.717) is 27.0 Å². The first-order chi connectivity index (χ1) is 15.4. The molecule has 0 aliphatic rings. The van der Waals surface area contributed by atoms with Crippen LogP contribution in [0.15, 0.2) is 60.7 Å². The first kappa shape index (κ1) is 24.0. The predicted octanol–water partition coefficient (Wildman–Crippen LogP) is 5.78. The van der Waals surface area contributed by atoms with Crippen molar-refractivity contribution in [2.75, 3.05) is 25.0 Å². The Kier molecular flexibility index (Phi) is 8.45. The van der Waals surface area contributed by atoms with Gasteiger partial charge >= 0.3 is 0 Å². The minimum Gasteiger partial charge on any atom is -0.349 e. The van der Waals surface area contributed by atoms with E-state index in [2.05, 4.69) is 41.5 Å². The third-order valence-corrected chi connectivity index (χ3v) is 6.85. The molecule has 0 fully saturated rings. The van der Waals surface area contributed by atoms with Gasteiger partial charge in [0.25, 0.3) is 11.8 Å². The summed E-state index contributed by atoms with van der Waals surface area (Å²) in [5.41, 5.74) is 2.39. The number of thiophene rings is 1. The van der Waals surface area contributed by atoms with Gasteiger partial charge in [-0.15, -0.1) is 11.3 Å². The molecule has 0 spiro atoms. The topological polar surface area (TPSA) is 61.4 Å². The number of carbonyl (C=O) groups excluding carboxylic acids is 2. The molecule has 0 saturated carbocycles. The molecule has 2 aromatic carbocycles. The Labute approximate surface area is 198 Å². The minimum absolute atomic E-state index is 0.0924. The van der Waals surface area contributed by atoms with Gasteiger partial charge < -0.3 is 10.6 Å². The largest absolute Gasteiger partial charge is 0.349 e. The number of likely N-dealkylation sites (N-methyl/N-ethyl adjacent to an activating group) is 1. The van der Waals surface area contributed by atoms with Crippen molar-refractivity contribution < 1.29 is 9.59 Å². The summed E-state index contributed by atoms with van der Waals surface area (Å²) in [6, 6.07) is 19.0. The highest BCUT2D eigenvalue weighted by molar-refractivity contribution is 7.18. The van der Waals surface area contributed by atoms with Crippen LogP contribution in [0.2, 0.25) is 5.02 Å². The van der Waals surface area contributed by atoms with Gasteiger partial charge in [0.15, 0.2) is 0 Å². The van der Waals surface area contributed by atoms with Crippen molar-refractivity contribution in [2.45, 2.75) is 26.8 Å². The molecule has 1 heterocycles. The summed E-state index contributed by atoms with van der Waals surface area (Å²) in [4.78, 5) is 28.4. The van der Waals surface area contributed by atoms with Gasteiger partial charge in [-0.2, -0.15) is 0 Å². The first-order valence-corrected chi connectivity index (χ1v) is 11.9. The van der Waals surface area contributed by atoms with E-state index in [-0.39, 0.29) is 17.9 Å². The maximum absolute atomic E-state index is 13.0. The molecule has 2 amide bonds. The molecule has 168 valence electrons. The van der Waals surface area contributed by atoms with Crippen LogP contribution in [0, 0.1) is 6.92 Å². The molecular weight excluding hydrogens is 442 g/mol. The third kappa shape index (κ3) is 5.76. The smallest absolute Gasteiger partial charge is 0.261 e. The second kappa shape index (κ2) is 11.3. The predicted molar refractivity (Wildman–Crippen MR) is 133 cm³/mol. The number of aryl methyl sites for hydroxylation is 1. The van der Waals surface area contributed by atoms with Gasteiger partial charge in [0.1, 0.15) is 0 Å². The molecule has 1 atom stereocenters. The van der Waals surface area contributed by atoms with E-state index in [1.807, 2.05) is 31.2 Å². The van der Waals surface area contributed by atoms with Crippen molar-refractivity contribution in [3.05, 3.63) is 87.3 Å². The lowest BCUT2D eigenvalue weighted by molar-refractivity contribution is 0.0937. The molecule has 0 aliphatic heterocycles. The van der Waals surface area contributed by atoms with E-state index >= 15 is 0 Å². The fraction of sp³-hybridized carbons (Fsp3) is 0.280. The Bertz CT molecular complexity index is 1060. The summed E-state index contributed by atoms with van der Waals surface area (Å²) in [5, 5.41) is 6.94. The Balaban J connectivity index is 1.70. The van der Waals surface area contributed by atoms with E-state index in [0.717, 1.165) is 18.7 Å². The average molecular weight is 470 g/mol. The minimum atomic E-state index is -0.297. The van der Waals surface area contributed by atoms with Crippen LogP contribution in [-0.2, 0) is 0 Å². The Morgan fingerprint density at radius 1 is 1.00 bits per heavy atom. The Morgan fingerprint density at radius 2 is 1.66 bits per heavy atom. The molecule has 0 bridgehead atoms. The van der Waals surface area contributed by atoms with E-state index < -0.39 is 0 Å². The molecule has 0 radical (unpaired) electrons. The molecule has 3 rings (SSSR count). The average Bonchev–Trinajstić information content (AvgIpc) is 3.17. The first-order valence-electron chi connectivity index (χ1n) is 10.7. The SMILES string of the molecule is CCN(CC)C(CNC(=O)c1sc(NC(=O)c2ccccc2Cl)cc1C)c1ccccc1. The molecule has 5 nitrogen and oxygen atoms in total. The number of hydrogen-bond donors (Lipinski definition) is 2. The van der Waals surface area contributed by atoms with Crippen molar-refractivity contribution in [2.24, 2.45) is 0 Å². The summed E-state index contributed by atoms with van der Waals surface area (Å²) in [6.45, 7) is 8.40. The van der Waals surface area contributed by atoms with Gasteiger partial charge in [0, 0.05) is 6.54 Å². The number of rotatable bonds is 9. The fourth-order valence-electron chi connectivity index (χ4n) is 3.66. The number of amides is 2. The van der Waals surface area contributed by atoms with Gasteiger partial charge in [0.05, 0.1) is 26.5 Å². The van der Waals surface area contributed by atoms with Crippen LogP contribution in [0.3, 0.4) is 0 Å². The maximum atomic E-state index is 13.0. The number of halogens is 1. The van der Waals surface area contributed by atoms with Crippen molar-refractivity contribution in [1.29, 1.82) is 0 Å². The second-order valence-corrected chi connectivity index (χ2v) is 8.87. The molecule has 0 saturated heterocycles. The van der Waals surface area contributed by atoms with Crippen LogP contribution in [-0.4, -0.2) is 36.3 Å². The molecular formula is C25H28ClN3O2S. The van der Waals surface area contributed by atoms with Crippen molar-refractivity contribution in [3.8, 4) is 0 Å². The van der Waals surface area contributed by atoms with Crippen LogP contribution in [0.25, 0.3) is 0 Å². The molecule has 0 aliphatic carbocycles. The third-order valence-electron chi connectivity index (χ3n) is 5.37. The second-order valence-electron chi connectivity index (χ2n) is 7.41. The Hall–Kier alpha value is -2.67. The van der Waals surface area contributed by atoms with Crippen LogP contribution < -0.4 is 10.6 Å². The van der Waals surface area contributed by atoms with Gasteiger partial charge in [-0.25, -0.2) is 0 Å². The standard InChI is InChI=1S/C25H28ClN3O2S/c1-4-29(5-2)21(18-11-7-6-8-12-18)16-27-25(31)23-17(3)15-22(32-23)28-24(30)19-13-9-10-14-20(19)26/h6-15,21H,4-5,16H2,1-3H3,(H,27,31)(H,28,30). The zero-order valence-electron chi connectivity index (χ0n) is 18.5. The van der Waals surface area contributed by atoms with Crippen LogP contribution in [0.4, 0.5) is 5.00 Å². The Morgan fingerprint density at radius 3 is 2.31 bits per heavy atom. The highest BCUT2D eigenvalue weighted by Crippen LogP contribution is 2.28. The highest BCUT2D eigenvalue weighted by Gasteiger charge is 2.21. The maximum Gasteiger partial charge on any atom is 0.261 e. The lowest BCUT2D eigenvalue weighted by Gasteiger charge is -2.30. The van der Waals surface area contributed by atoms with Crippen molar-refractivity contribution in [3.63, 3.8) is 0 Å². The number of carbonyl (C=O) groups is 2. The zero-order valence-corrected chi connectivity index (χ0v) is 20.1. The van der Waals surface area contributed by atoms with Gasteiger partial charge in [-0.1, -0.05) is 67.9 Å². The summed E-state index contributed by atoms with van der Waals surface area (Å²) >= 11 is 7.38. The van der Waals surface area contributed by atoms with E-state index in [9.17, 15) is 9.59 Å². The van der Waals surface area contributed by atoms with Crippen LogP contribution >= 0.6 is 22.9 Å². The number of anilines is 1. The quantitative estimate of drug-likeness (QED) is 0.418. The van der Waals surface area contributed by atoms with E-state index in [1.165, 1.54) is 16.9 Å². The summed E-state index contributed by atoms with van der Waals surface area (Å²) in [7, 11) is 0. The van der Waals surface area contributed by atoms with Gasteiger partial charge in [-0.3, -0.25) is 14.5 Å². The molecule has 7 heteroatoms. The van der Waals surface area contributed by atoms with Gasteiger partial charge in [0.2, 0.25) is 0 Å². The summed E-state index contributed by atoms with van der Waals surface area (Å²) < 4.78 is 0. The lowest BCUT2D eigenvalue weighted by Crippen LogP contribution is -2.38. The normalized spacial score (nSPS) is 11.9. The van der Waals surface area contributed by atoms with E-state index in [1.54, 1.807) is 24.3 Å². The molecule has 32 heavy (non-hydrogen) atoms. The fourth-order valence-corrected chi connectivity index (χ4v) is 4.87. The molecule has 2 N–H and O–H groups in total. The highest BCUT2D eigenvalue weighted by atomic mass is 35.5. The van der Waals surface area contributed by atoms with Crippen molar-refractivity contribution in [1.82, 2.24) is 10.2 Å². The van der Waals surface area contributed by atoms with Crippen LogP contribution in [0.5, 0.6) is 0 Å². The van der Waals surface area contributed by atoms with Crippen LogP contribution in [0.1, 0.15) is 51.0 Å². The van der Waals surface area contributed by atoms with E-state index in [4.69, 9.17) is 11.6 Å². The summed E-state index contributed by atoms with van der Waals surface area (Å²) in [5.74, 6) is -0.437. The molecule has 1 aromatic heterocycles. The van der Waals surface area contributed by atoms with Gasteiger partial charge in [-0.05, 0) is 49.3 Å². The zero-order chi connectivity index (χ0) is 23.1. The lowest BCUT2D eigenvalue weighted by atomic mass is 10.0. The monoisotopic (exact) mass is 469 g/mol. The number of benzene rings is 2. The summed E-state index contributed by atoms with van der Waals surface area (Å²) in [6.07, 6.45) is 0. The molecule has 1 unspecified atom stereocenters.